The van der Waals surface area contributed by atoms with Crippen LogP contribution in [0.5, 0.6) is 0 Å². The van der Waals surface area contributed by atoms with E-state index in [1.807, 2.05) is 0 Å². The van der Waals surface area contributed by atoms with Crippen molar-refractivity contribution in [1.29, 1.82) is 0 Å². The molecule has 98 valence electrons. The number of ether oxygens (including phenoxy) is 1. The fourth-order valence-electron chi connectivity index (χ4n) is 2.36. The van der Waals surface area contributed by atoms with E-state index in [1.54, 1.807) is 4.90 Å². The number of hydrogen-bond donors (Lipinski definition) is 1. The third-order valence-electron chi connectivity index (χ3n) is 3.36. The lowest BCUT2D eigenvalue weighted by molar-refractivity contribution is -0.143. The zero-order valence-corrected chi connectivity index (χ0v) is 10.5. The van der Waals surface area contributed by atoms with Crippen LogP contribution in [0.4, 0.5) is 0 Å². The predicted molar refractivity (Wildman–Crippen MR) is 62.1 cm³/mol. The first-order valence-electron chi connectivity index (χ1n) is 5.82. The topological polar surface area (TPSA) is 89.7 Å². The van der Waals surface area contributed by atoms with Gasteiger partial charge in [0.2, 0.25) is 5.91 Å². The molecule has 6 nitrogen and oxygen atoms in total. The summed E-state index contributed by atoms with van der Waals surface area (Å²) in [6.45, 7) is 1.81. The van der Waals surface area contributed by atoms with E-state index in [9.17, 15) is 13.2 Å². The summed E-state index contributed by atoms with van der Waals surface area (Å²) in [4.78, 5) is 13.9. The van der Waals surface area contributed by atoms with Crippen molar-refractivity contribution in [3.05, 3.63) is 0 Å². The molecule has 0 spiro atoms. The molecule has 17 heavy (non-hydrogen) atoms. The number of amides is 1. The molecule has 2 unspecified atom stereocenters. The summed E-state index contributed by atoms with van der Waals surface area (Å²) in [5.41, 5.74) is 5.59. The average molecular weight is 262 g/mol. The van der Waals surface area contributed by atoms with Crippen molar-refractivity contribution in [3.8, 4) is 0 Å². The number of rotatable bonds is 2. The molecule has 2 aliphatic heterocycles. The fraction of sp³-hybridized carbons (Fsp3) is 0.900. The first-order chi connectivity index (χ1) is 8.03. The van der Waals surface area contributed by atoms with Gasteiger partial charge in [0.1, 0.15) is 0 Å². The Hall–Kier alpha value is -0.660. The minimum atomic E-state index is -3.01. The molecule has 7 heteroatoms. The van der Waals surface area contributed by atoms with Gasteiger partial charge in [0.05, 0.1) is 36.7 Å². The molecule has 1 amide bonds. The average Bonchev–Trinajstić information content (AvgIpc) is 2.68. The molecule has 2 fully saturated rings. The monoisotopic (exact) mass is 262 g/mol. The van der Waals surface area contributed by atoms with Crippen LogP contribution < -0.4 is 5.73 Å². The quantitative estimate of drug-likeness (QED) is 0.661. The Morgan fingerprint density at radius 2 is 2.24 bits per heavy atom. The van der Waals surface area contributed by atoms with Gasteiger partial charge in [-0.3, -0.25) is 4.79 Å². The van der Waals surface area contributed by atoms with E-state index in [4.69, 9.17) is 10.5 Å². The molecule has 0 aromatic rings. The summed E-state index contributed by atoms with van der Waals surface area (Å²) in [7, 11) is -3.01. The molecule has 0 bridgehead atoms. The highest BCUT2D eigenvalue weighted by molar-refractivity contribution is 7.91. The van der Waals surface area contributed by atoms with Crippen LogP contribution in [0.2, 0.25) is 0 Å². The van der Waals surface area contributed by atoms with E-state index in [0.29, 0.717) is 32.7 Å². The van der Waals surface area contributed by atoms with E-state index in [2.05, 4.69) is 0 Å². The molecule has 0 aromatic carbocycles. The maximum absolute atomic E-state index is 12.2. The summed E-state index contributed by atoms with van der Waals surface area (Å²) < 4.78 is 28.0. The molecule has 0 aromatic heterocycles. The maximum Gasteiger partial charge on any atom is 0.227 e. The highest BCUT2D eigenvalue weighted by atomic mass is 32.2. The van der Waals surface area contributed by atoms with Gasteiger partial charge < -0.3 is 15.4 Å². The van der Waals surface area contributed by atoms with Gasteiger partial charge in [0.15, 0.2) is 9.84 Å². The largest absolute Gasteiger partial charge is 0.377 e. The minimum absolute atomic E-state index is 0.0134. The Morgan fingerprint density at radius 3 is 2.82 bits per heavy atom. The zero-order valence-electron chi connectivity index (χ0n) is 9.67. The summed E-state index contributed by atoms with van der Waals surface area (Å²) in [5, 5.41) is 0. The second kappa shape index (κ2) is 4.91. The Kier molecular flexibility index (Phi) is 3.70. The smallest absolute Gasteiger partial charge is 0.227 e. The maximum atomic E-state index is 12.2. The predicted octanol–water partition coefficient (Wildman–Crippen LogP) is -1.39. The Balaban J connectivity index is 2.04. The van der Waals surface area contributed by atoms with Crippen LogP contribution in [0.25, 0.3) is 0 Å². The van der Waals surface area contributed by atoms with Gasteiger partial charge in [0, 0.05) is 13.1 Å². The summed E-state index contributed by atoms with van der Waals surface area (Å²) in [5.74, 6) is -0.349. The number of hydrogen-bond acceptors (Lipinski definition) is 5. The van der Waals surface area contributed by atoms with Gasteiger partial charge in [-0.2, -0.15) is 0 Å². The van der Waals surface area contributed by atoms with E-state index in [0.717, 1.165) is 0 Å². The van der Waals surface area contributed by atoms with Crippen molar-refractivity contribution < 1.29 is 17.9 Å². The van der Waals surface area contributed by atoms with Crippen LogP contribution in [0.15, 0.2) is 0 Å². The Bertz CT molecular complexity index is 395. The summed E-state index contributed by atoms with van der Waals surface area (Å²) in [6, 6.07) is -0.112. The van der Waals surface area contributed by atoms with Gasteiger partial charge in [-0.05, 0) is 6.42 Å². The fourth-order valence-corrected chi connectivity index (χ4v) is 4.10. The van der Waals surface area contributed by atoms with Crippen LogP contribution >= 0.6 is 0 Å². The molecule has 2 rings (SSSR count). The highest BCUT2D eigenvalue weighted by Crippen LogP contribution is 2.22. The van der Waals surface area contributed by atoms with Crippen LogP contribution in [0, 0.1) is 5.92 Å². The molecule has 2 atom stereocenters. The number of carbonyl (C=O) groups excluding carboxylic acids is 1. The van der Waals surface area contributed by atoms with Crippen LogP contribution in [-0.2, 0) is 19.4 Å². The third-order valence-corrected chi connectivity index (χ3v) is 5.13. The van der Waals surface area contributed by atoms with Crippen LogP contribution in [0.1, 0.15) is 6.42 Å². The SMILES string of the molecule is NCC1COCCN1C(=O)C1CCS(=O)(=O)C1. The first-order valence-corrected chi connectivity index (χ1v) is 7.64. The van der Waals surface area contributed by atoms with Gasteiger partial charge in [-0.15, -0.1) is 0 Å². The van der Waals surface area contributed by atoms with Crippen molar-refractivity contribution in [3.63, 3.8) is 0 Å². The lowest BCUT2D eigenvalue weighted by atomic mass is 10.1. The lowest BCUT2D eigenvalue weighted by Crippen LogP contribution is -2.53. The second-order valence-corrected chi connectivity index (χ2v) is 6.82. The molecule has 0 aliphatic carbocycles. The third kappa shape index (κ3) is 2.78. The highest BCUT2D eigenvalue weighted by Gasteiger charge is 2.37. The van der Waals surface area contributed by atoms with Gasteiger partial charge in [-0.1, -0.05) is 0 Å². The minimum Gasteiger partial charge on any atom is -0.377 e. The molecular weight excluding hydrogens is 244 g/mol. The number of morpholine rings is 1. The van der Waals surface area contributed by atoms with Gasteiger partial charge in [0.25, 0.3) is 0 Å². The molecular formula is C10H18N2O4S. The Morgan fingerprint density at radius 1 is 1.47 bits per heavy atom. The van der Waals surface area contributed by atoms with Crippen molar-refractivity contribution >= 4 is 15.7 Å². The van der Waals surface area contributed by atoms with E-state index in [-0.39, 0.29) is 29.4 Å². The molecule has 2 heterocycles. The normalized spacial score (nSPS) is 32.6. The molecule has 0 saturated carbocycles. The van der Waals surface area contributed by atoms with E-state index < -0.39 is 9.84 Å². The standard InChI is InChI=1S/C10H18N2O4S/c11-5-9-6-16-3-2-12(9)10(13)8-1-4-17(14,15)7-8/h8-9H,1-7,11H2. The summed E-state index contributed by atoms with van der Waals surface area (Å²) in [6.07, 6.45) is 0.440. The Labute approximate surface area is 101 Å². The van der Waals surface area contributed by atoms with Crippen molar-refractivity contribution in [2.75, 3.05) is 37.8 Å². The number of sulfone groups is 1. The van der Waals surface area contributed by atoms with E-state index in [1.165, 1.54) is 0 Å². The van der Waals surface area contributed by atoms with Crippen molar-refractivity contribution in [1.82, 2.24) is 4.90 Å². The first kappa shape index (κ1) is 12.8. The lowest BCUT2D eigenvalue weighted by Gasteiger charge is -2.36. The van der Waals surface area contributed by atoms with Crippen LogP contribution in [-0.4, -0.2) is 63.1 Å². The van der Waals surface area contributed by atoms with Gasteiger partial charge >= 0.3 is 0 Å². The molecule has 0 radical (unpaired) electrons. The molecule has 2 aliphatic rings. The number of nitrogens with zero attached hydrogens (tertiary/aromatic N) is 1. The zero-order chi connectivity index (χ0) is 12.5. The van der Waals surface area contributed by atoms with Crippen molar-refractivity contribution in [2.45, 2.75) is 12.5 Å². The van der Waals surface area contributed by atoms with Crippen LogP contribution in [0.3, 0.4) is 0 Å². The number of nitrogens with two attached hydrogens (primary N) is 1. The van der Waals surface area contributed by atoms with E-state index >= 15 is 0 Å². The molecule has 2 N–H and O–H groups in total. The summed E-state index contributed by atoms with van der Waals surface area (Å²) >= 11 is 0. The van der Waals surface area contributed by atoms with Gasteiger partial charge in [-0.25, -0.2) is 8.42 Å². The van der Waals surface area contributed by atoms with Crippen molar-refractivity contribution in [2.24, 2.45) is 11.7 Å². The number of carbonyl (C=O) groups is 1. The second-order valence-electron chi connectivity index (χ2n) is 4.60. The molecule has 2 saturated heterocycles.